The molecule has 0 aliphatic carbocycles. The molecule has 0 spiro atoms. The second-order valence-corrected chi connectivity index (χ2v) is 2.81. The van der Waals surface area contributed by atoms with Gasteiger partial charge in [-0.2, -0.15) is 5.11 Å². The van der Waals surface area contributed by atoms with Crippen molar-refractivity contribution in [3.8, 4) is 0 Å². The summed E-state index contributed by atoms with van der Waals surface area (Å²) in [6.07, 6.45) is 0. The molecule has 2 N–H and O–H groups in total. The third kappa shape index (κ3) is 1.48. The highest BCUT2D eigenvalue weighted by molar-refractivity contribution is 6.08. The number of carbonyl (C=O) groups is 1. The van der Waals surface area contributed by atoms with Gasteiger partial charge in [0.1, 0.15) is 6.04 Å². The molecule has 1 unspecified atom stereocenters. The van der Waals surface area contributed by atoms with Crippen LogP contribution < -0.4 is 10.6 Å². The van der Waals surface area contributed by atoms with Gasteiger partial charge in [0.15, 0.2) is 12.5 Å². The molecule has 2 rings (SSSR count). The monoisotopic (exact) mass is 179 g/mol. The Morgan fingerprint density at radius 3 is 3.00 bits per heavy atom. The lowest BCUT2D eigenvalue weighted by Crippen LogP contribution is -2.54. The molecule has 0 radical (unpaired) electrons. The summed E-state index contributed by atoms with van der Waals surface area (Å²) in [6.45, 7) is 4.51. The number of hydrogen-bond acceptors (Lipinski definition) is 5. The number of piperazine rings is 1. The molecule has 2 heterocycles. The molecule has 6 nitrogen and oxygen atoms in total. The molecular weight excluding hydrogens is 170 g/mol. The molecule has 2 aliphatic rings. The van der Waals surface area contributed by atoms with Gasteiger partial charge in [0, 0.05) is 12.2 Å². The van der Waals surface area contributed by atoms with E-state index >= 15 is 0 Å². The average Bonchev–Trinajstić information content (AvgIpc) is 2.56. The highest BCUT2D eigenvalue weighted by Gasteiger charge is 2.29. The zero-order chi connectivity index (χ0) is 9.26. The Morgan fingerprint density at radius 1 is 1.54 bits per heavy atom. The first-order valence-corrected chi connectivity index (χ1v) is 3.91. The highest BCUT2D eigenvalue weighted by Crippen LogP contribution is 2.04. The van der Waals surface area contributed by atoms with Crippen LogP contribution in [0.1, 0.15) is 0 Å². The summed E-state index contributed by atoms with van der Waals surface area (Å²) < 4.78 is 0. The first kappa shape index (κ1) is 8.06. The number of aliphatic imine (C=N–C) groups is 1. The minimum absolute atomic E-state index is 0.171. The summed E-state index contributed by atoms with van der Waals surface area (Å²) in [5.74, 6) is 0.279. The zero-order valence-corrected chi connectivity index (χ0v) is 6.95. The van der Waals surface area contributed by atoms with Crippen LogP contribution in [0.3, 0.4) is 0 Å². The van der Waals surface area contributed by atoms with E-state index in [9.17, 15) is 4.79 Å². The van der Waals surface area contributed by atoms with E-state index in [4.69, 9.17) is 0 Å². The fraction of sp³-hybridized carbons (Fsp3) is 0.429. The fourth-order valence-corrected chi connectivity index (χ4v) is 1.21. The van der Waals surface area contributed by atoms with Crippen LogP contribution in [0.2, 0.25) is 0 Å². The number of carbonyl (C=O) groups excluding carboxylic acids is 1. The molecule has 1 fully saturated rings. The summed E-state index contributed by atoms with van der Waals surface area (Å²) in [6, 6.07) is -0.475. The maximum Gasteiger partial charge on any atom is 0.249 e. The normalized spacial score (nSPS) is 27.4. The summed E-state index contributed by atoms with van der Waals surface area (Å²) in [4.78, 5) is 15.3. The van der Waals surface area contributed by atoms with Gasteiger partial charge in [-0.05, 0) is 0 Å². The molecule has 6 heteroatoms. The van der Waals surface area contributed by atoms with Crippen molar-refractivity contribution in [2.45, 2.75) is 6.04 Å². The molecule has 0 aromatic carbocycles. The topological polar surface area (TPSA) is 78.2 Å². The van der Waals surface area contributed by atoms with Crippen molar-refractivity contribution in [3.05, 3.63) is 12.3 Å². The Balaban J connectivity index is 2.12. The van der Waals surface area contributed by atoms with Crippen molar-refractivity contribution in [1.29, 1.82) is 0 Å². The molecule has 68 valence electrons. The predicted molar refractivity (Wildman–Crippen MR) is 46.2 cm³/mol. The Hall–Kier alpha value is -1.56. The van der Waals surface area contributed by atoms with Crippen LogP contribution in [-0.4, -0.2) is 31.0 Å². The summed E-state index contributed by atoms with van der Waals surface area (Å²) in [5, 5.41) is 13.0. The van der Waals surface area contributed by atoms with E-state index in [1.165, 1.54) is 0 Å². The van der Waals surface area contributed by atoms with Gasteiger partial charge in [-0.3, -0.25) is 10.1 Å². The third-order valence-electron chi connectivity index (χ3n) is 1.81. The van der Waals surface area contributed by atoms with Crippen molar-refractivity contribution >= 4 is 11.7 Å². The quantitative estimate of drug-likeness (QED) is 0.564. The van der Waals surface area contributed by atoms with E-state index in [2.05, 4.69) is 32.4 Å². The summed E-state index contributed by atoms with van der Waals surface area (Å²) >= 11 is 0. The third-order valence-corrected chi connectivity index (χ3v) is 1.81. The Labute approximate surface area is 74.8 Å². The molecule has 1 amide bonds. The van der Waals surface area contributed by atoms with Crippen molar-refractivity contribution < 1.29 is 4.79 Å². The van der Waals surface area contributed by atoms with Gasteiger partial charge in [0.05, 0.1) is 0 Å². The van der Waals surface area contributed by atoms with Gasteiger partial charge in [0.25, 0.3) is 0 Å². The van der Waals surface area contributed by atoms with Crippen LogP contribution in [0, 0.1) is 0 Å². The lowest BCUT2D eigenvalue weighted by Gasteiger charge is -2.23. The predicted octanol–water partition coefficient (Wildman–Crippen LogP) is -0.590. The SMILES string of the molecule is C=C1CNC(C2=NCN=N2)C(=O)N1. The van der Waals surface area contributed by atoms with Gasteiger partial charge in [-0.15, -0.1) is 5.11 Å². The number of amidine groups is 1. The number of hydrogen-bond donors (Lipinski definition) is 2. The number of azo groups is 1. The van der Waals surface area contributed by atoms with Crippen LogP contribution in [0.25, 0.3) is 0 Å². The lowest BCUT2D eigenvalue weighted by atomic mass is 10.2. The second kappa shape index (κ2) is 3.06. The Morgan fingerprint density at radius 2 is 2.38 bits per heavy atom. The van der Waals surface area contributed by atoms with E-state index in [1.54, 1.807) is 0 Å². The van der Waals surface area contributed by atoms with Gasteiger partial charge < -0.3 is 5.32 Å². The second-order valence-electron chi connectivity index (χ2n) is 2.81. The fourth-order valence-electron chi connectivity index (χ4n) is 1.21. The van der Waals surface area contributed by atoms with Crippen molar-refractivity contribution in [2.75, 3.05) is 13.2 Å². The van der Waals surface area contributed by atoms with Crippen molar-refractivity contribution in [1.82, 2.24) is 10.6 Å². The molecule has 0 bridgehead atoms. The zero-order valence-electron chi connectivity index (χ0n) is 6.95. The average molecular weight is 179 g/mol. The smallest absolute Gasteiger partial charge is 0.249 e. The number of nitrogens with one attached hydrogen (secondary N) is 2. The summed E-state index contributed by atoms with van der Waals surface area (Å²) in [5.41, 5.74) is 0.664. The molecule has 2 aliphatic heterocycles. The number of amides is 1. The highest BCUT2D eigenvalue weighted by atomic mass is 16.2. The minimum atomic E-state index is -0.475. The Kier molecular flexibility index (Phi) is 1.90. The van der Waals surface area contributed by atoms with Gasteiger partial charge >= 0.3 is 0 Å². The standard InChI is InChI=1S/C7H9N5O/c1-4-2-8-5(7(13)11-4)6-9-3-10-12-6/h5,8H,1-3H2,(H,11,13). The van der Waals surface area contributed by atoms with Gasteiger partial charge in [-0.25, -0.2) is 4.99 Å². The van der Waals surface area contributed by atoms with Crippen LogP contribution in [0.5, 0.6) is 0 Å². The maximum atomic E-state index is 11.4. The number of rotatable bonds is 1. The van der Waals surface area contributed by atoms with Crippen molar-refractivity contribution in [2.24, 2.45) is 15.2 Å². The lowest BCUT2D eigenvalue weighted by molar-refractivity contribution is -0.121. The van der Waals surface area contributed by atoms with Crippen LogP contribution in [-0.2, 0) is 4.79 Å². The van der Waals surface area contributed by atoms with E-state index in [0.29, 0.717) is 24.7 Å². The van der Waals surface area contributed by atoms with Crippen LogP contribution in [0.4, 0.5) is 0 Å². The van der Waals surface area contributed by atoms with E-state index in [0.717, 1.165) is 0 Å². The van der Waals surface area contributed by atoms with Gasteiger partial charge in [0.2, 0.25) is 5.91 Å². The first-order chi connectivity index (χ1) is 6.27. The number of nitrogens with zero attached hydrogens (tertiary/aromatic N) is 3. The molecule has 0 aromatic rings. The first-order valence-electron chi connectivity index (χ1n) is 3.91. The molecule has 0 saturated carbocycles. The molecule has 1 saturated heterocycles. The summed E-state index contributed by atoms with van der Waals surface area (Å²) in [7, 11) is 0. The van der Waals surface area contributed by atoms with E-state index in [-0.39, 0.29) is 5.91 Å². The molecular formula is C7H9N5O. The molecule has 0 aromatic heterocycles. The van der Waals surface area contributed by atoms with E-state index < -0.39 is 6.04 Å². The molecule has 1 atom stereocenters. The Bertz CT molecular complexity index is 319. The minimum Gasteiger partial charge on any atom is -0.327 e. The van der Waals surface area contributed by atoms with Crippen LogP contribution in [0.15, 0.2) is 27.5 Å². The van der Waals surface area contributed by atoms with Gasteiger partial charge in [-0.1, -0.05) is 6.58 Å². The van der Waals surface area contributed by atoms with Crippen LogP contribution >= 0.6 is 0 Å². The van der Waals surface area contributed by atoms with E-state index in [1.807, 2.05) is 0 Å². The largest absolute Gasteiger partial charge is 0.327 e. The molecule has 13 heavy (non-hydrogen) atoms. The maximum absolute atomic E-state index is 11.4. The van der Waals surface area contributed by atoms with Crippen molar-refractivity contribution in [3.63, 3.8) is 0 Å².